The summed E-state index contributed by atoms with van der Waals surface area (Å²) in [6, 6.07) is 3.54. The number of hydrogen-bond donors (Lipinski definition) is 0. The Hall–Kier alpha value is -2.75. The summed E-state index contributed by atoms with van der Waals surface area (Å²) in [6.45, 7) is 3.56. The Balaban J connectivity index is 1.46. The minimum Gasteiger partial charge on any atom is -0.358 e. The summed E-state index contributed by atoms with van der Waals surface area (Å²) in [7, 11) is 2.00. The van der Waals surface area contributed by atoms with Gasteiger partial charge in [-0.25, -0.2) is 4.98 Å². The number of carbonyl (C=O) groups is 1. The lowest BCUT2D eigenvalue weighted by molar-refractivity contribution is -0.391. The van der Waals surface area contributed by atoms with Gasteiger partial charge in [0.1, 0.15) is 6.20 Å². The van der Waals surface area contributed by atoms with Crippen molar-refractivity contribution < 1.29 is 9.72 Å². The Kier molecular flexibility index (Phi) is 4.19. The molecule has 10 nitrogen and oxygen atoms in total. The van der Waals surface area contributed by atoms with Crippen LogP contribution in [0.25, 0.3) is 5.65 Å². The fraction of sp³-hybridized carbons (Fsp3) is 0.562. The number of nitro groups is 1. The third-order valence-electron chi connectivity index (χ3n) is 5.24. The molecule has 4 rings (SSSR count). The zero-order valence-electron chi connectivity index (χ0n) is 14.6. The first-order chi connectivity index (χ1) is 12.5. The second-order valence-electron chi connectivity index (χ2n) is 6.79. The van der Waals surface area contributed by atoms with Gasteiger partial charge in [0.05, 0.1) is 6.04 Å². The molecule has 1 amide bonds. The minimum atomic E-state index is -0.495. The lowest BCUT2D eigenvalue weighted by Gasteiger charge is -2.37. The van der Waals surface area contributed by atoms with Gasteiger partial charge in [-0.1, -0.05) is 9.61 Å². The maximum absolute atomic E-state index is 12.7. The molecule has 138 valence electrons. The maximum Gasteiger partial charge on any atom is 0.368 e. The zero-order chi connectivity index (χ0) is 18.3. The summed E-state index contributed by atoms with van der Waals surface area (Å²) >= 11 is 0. The average molecular weight is 359 g/mol. The molecule has 2 aliphatic heterocycles. The molecule has 2 aromatic rings. The van der Waals surface area contributed by atoms with Gasteiger partial charge in [0.25, 0.3) is 0 Å². The summed E-state index contributed by atoms with van der Waals surface area (Å²) in [5.41, 5.74) is 0.443. The molecule has 0 N–H and O–H groups in total. The Morgan fingerprint density at radius 1 is 1.23 bits per heavy atom. The second kappa shape index (κ2) is 6.52. The van der Waals surface area contributed by atoms with E-state index in [1.807, 2.05) is 22.9 Å². The number of hydrogen-bond acceptors (Lipinski definition) is 7. The van der Waals surface area contributed by atoms with Gasteiger partial charge in [0, 0.05) is 32.2 Å². The molecular weight excluding hydrogens is 338 g/mol. The second-order valence-corrected chi connectivity index (χ2v) is 6.79. The quantitative estimate of drug-likeness (QED) is 0.577. The number of rotatable bonds is 3. The van der Waals surface area contributed by atoms with Gasteiger partial charge in [0.2, 0.25) is 11.6 Å². The Bertz CT molecular complexity index is 843. The van der Waals surface area contributed by atoms with E-state index in [0.29, 0.717) is 37.6 Å². The van der Waals surface area contributed by atoms with Gasteiger partial charge in [-0.15, -0.1) is 0 Å². The zero-order valence-corrected chi connectivity index (χ0v) is 14.6. The fourth-order valence-corrected chi connectivity index (χ4v) is 3.73. The third-order valence-corrected chi connectivity index (χ3v) is 5.24. The molecule has 4 heterocycles. The first kappa shape index (κ1) is 16.7. The molecule has 0 saturated carbocycles. The number of likely N-dealkylation sites (tertiary alicyclic amines) is 1. The number of anilines is 1. The van der Waals surface area contributed by atoms with Crippen molar-refractivity contribution in [1.29, 1.82) is 0 Å². The molecule has 26 heavy (non-hydrogen) atoms. The van der Waals surface area contributed by atoms with Crippen LogP contribution in [0.4, 0.5) is 11.6 Å². The number of aromatic nitrogens is 3. The van der Waals surface area contributed by atoms with Crippen LogP contribution in [0.1, 0.15) is 12.8 Å². The number of piperazine rings is 1. The van der Waals surface area contributed by atoms with Crippen molar-refractivity contribution in [2.75, 3.05) is 44.7 Å². The molecular formula is C16H21N7O3. The van der Waals surface area contributed by atoms with E-state index < -0.39 is 4.92 Å². The summed E-state index contributed by atoms with van der Waals surface area (Å²) < 4.78 is 1.25. The van der Waals surface area contributed by atoms with E-state index in [4.69, 9.17) is 0 Å². The van der Waals surface area contributed by atoms with Crippen LogP contribution in [0.2, 0.25) is 0 Å². The van der Waals surface area contributed by atoms with Crippen molar-refractivity contribution in [2.24, 2.45) is 0 Å². The molecule has 0 aliphatic carbocycles. The highest BCUT2D eigenvalue weighted by atomic mass is 16.6. The van der Waals surface area contributed by atoms with Gasteiger partial charge >= 0.3 is 5.82 Å². The van der Waals surface area contributed by atoms with Crippen LogP contribution in [-0.2, 0) is 4.79 Å². The SMILES string of the molecule is CN1CCCC1C(=O)N1CCN(c2ccc3ncc([N+](=O)[O-])n3n2)CC1. The Morgan fingerprint density at radius 2 is 2.00 bits per heavy atom. The standard InChI is InChI=1S/C16H21N7O3/c1-19-6-2-3-12(19)16(24)21-9-7-20(8-10-21)14-5-4-13-17-11-15(23(25)26)22(13)18-14/h4-5,11-12H,2-3,6-10H2,1H3. The summed E-state index contributed by atoms with van der Waals surface area (Å²) in [4.78, 5) is 33.3. The molecule has 1 unspecified atom stereocenters. The van der Waals surface area contributed by atoms with E-state index >= 15 is 0 Å². The van der Waals surface area contributed by atoms with E-state index in [2.05, 4.69) is 15.0 Å². The van der Waals surface area contributed by atoms with Crippen molar-refractivity contribution in [2.45, 2.75) is 18.9 Å². The highest BCUT2D eigenvalue weighted by Gasteiger charge is 2.33. The monoisotopic (exact) mass is 359 g/mol. The van der Waals surface area contributed by atoms with Crippen LogP contribution in [0.5, 0.6) is 0 Å². The van der Waals surface area contributed by atoms with Gasteiger partial charge in [-0.3, -0.25) is 9.69 Å². The van der Waals surface area contributed by atoms with Crippen LogP contribution in [0.15, 0.2) is 18.3 Å². The number of likely N-dealkylation sites (N-methyl/N-ethyl adjacent to an activating group) is 1. The molecule has 1 atom stereocenters. The van der Waals surface area contributed by atoms with Crippen LogP contribution in [0, 0.1) is 10.1 Å². The number of nitrogens with zero attached hydrogens (tertiary/aromatic N) is 7. The van der Waals surface area contributed by atoms with Crippen molar-refractivity contribution in [3.63, 3.8) is 0 Å². The van der Waals surface area contributed by atoms with Crippen LogP contribution in [-0.4, -0.2) is 81.0 Å². The van der Waals surface area contributed by atoms with E-state index in [-0.39, 0.29) is 17.8 Å². The first-order valence-electron chi connectivity index (χ1n) is 8.78. The normalized spacial score (nSPS) is 21.5. The maximum atomic E-state index is 12.7. The van der Waals surface area contributed by atoms with Gasteiger partial charge in [-0.2, -0.15) is 0 Å². The number of fused-ring (bicyclic) bond motifs is 1. The highest BCUT2D eigenvalue weighted by molar-refractivity contribution is 5.82. The van der Waals surface area contributed by atoms with Crippen LogP contribution >= 0.6 is 0 Å². The topological polar surface area (TPSA) is 100 Å². The number of carbonyl (C=O) groups excluding carboxylic acids is 1. The highest BCUT2D eigenvalue weighted by Crippen LogP contribution is 2.21. The lowest BCUT2D eigenvalue weighted by Crippen LogP contribution is -2.53. The molecule has 0 bridgehead atoms. The van der Waals surface area contributed by atoms with Crippen LogP contribution in [0.3, 0.4) is 0 Å². The molecule has 2 fully saturated rings. The molecule has 2 aromatic heterocycles. The lowest BCUT2D eigenvalue weighted by atomic mass is 10.1. The van der Waals surface area contributed by atoms with Crippen molar-refractivity contribution in [3.8, 4) is 0 Å². The van der Waals surface area contributed by atoms with E-state index in [9.17, 15) is 14.9 Å². The predicted molar refractivity (Wildman–Crippen MR) is 94.1 cm³/mol. The molecule has 0 spiro atoms. The summed E-state index contributed by atoms with van der Waals surface area (Å²) in [6.07, 6.45) is 3.21. The van der Waals surface area contributed by atoms with Gasteiger partial charge < -0.3 is 19.9 Å². The molecule has 2 saturated heterocycles. The molecule has 2 aliphatic rings. The molecule has 10 heteroatoms. The summed E-state index contributed by atoms with van der Waals surface area (Å²) in [5.74, 6) is 0.710. The van der Waals surface area contributed by atoms with Crippen LogP contribution < -0.4 is 4.90 Å². The smallest absolute Gasteiger partial charge is 0.358 e. The molecule has 0 aromatic carbocycles. The van der Waals surface area contributed by atoms with Gasteiger partial charge in [-0.05, 0) is 37.4 Å². The fourth-order valence-electron chi connectivity index (χ4n) is 3.73. The third kappa shape index (κ3) is 2.85. The average Bonchev–Trinajstić information content (AvgIpc) is 3.26. The van der Waals surface area contributed by atoms with Crippen molar-refractivity contribution >= 4 is 23.2 Å². The minimum absolute atomic E-state index is 0.00428. The van der Waals surface area contributed by atoms with Gasteiger partial charge in [0.15, 0.2) is 5.82 Å². The van der Waals surface area contributed by atoms with Crippen molar-refractivity contribution in [3.05, 3.63) is 28.4 Å². The first-order valence-corrected chi connectivity index (χ1v) is 8.78. The van der Waals surface area contributed by atoms with E-state index in [1.165, 1.54) is 10.7 Å². The predicted octanol–water partition coefficient (Wildman–Crippen LogP) is 0.380. The molecule has 0 radical (unpaired) electrons. The summed E-state index contributed by atoms with van der Waals surface area (Å²) in [5, 5.41) is 15.4. The van der Waals surface area contributed by atoms with E-state index in [1.54, 1.807) is 6.07 Å². The number of imidazole rings is 1. The number of amides is 1. The Morgan fingerprint density at radius 3 is 2.65 bits per heavy atom. The van der Waals surface area contributed by atoms with Crippen molar-refractivity contribution in [1.82, 2.24) is 24.4 Å². The largest absolute Gasteiger partial charge is 0.368 e. The van der Waals surface area contributed by atoms with E-state index in [0.717, 1.165) is 19.4 Å². The Labute approximate surface area is 150 Å².